The lowest BCUT2D eigenvalue weighted by Crippen LogP contribution is -2.67. The van der Waals surface area contributed by atoms with Gasteiger partial charge < -0.3 is 82.4 Å². The van der Waals surface area contributed by atoms with Gasteiger partial charge in [-0.15, -0.1) is 0 Å². The topological polar surface area (TPSA) is 229 Å². The highest BCUT2D eigenvalue weighted by molar-refractivity contribution is 5.68. The fourth-order valence-corrected chi connectivity index (χ4v) is 10.1. The molecule has 3 aliphatic rings. The Kier molecular flexibility index (Phi) is 25.5. The van der Waals surface area contributed by atoms with Gasteiger partial charge in [-0.1, -0.05) is 177 Å². The van der Waals surface area contributed by atoms with Crippen molar-refractivity contribution in [1.82, 2.24) is 0 Å². The second-order valence-electron chi connectivity index (χ2n) is 20.6. The van der Waals surface area contributed by atoms with E-state index in [0.717, 1.165) is 59.9 Å². The maximum absolute atomic E-state index is 12.4. The predicted octanol–water partition coefficient (Wildman–Crippen LogP) is 6.48. The summed E-state index contributed by atoms with van der Waals surface area (Å²) < 4.78 is 76.5. The fraction of sp³-hybridized carbons (Fsp3) is 0.508. The van der Waals surface area contributed by atoms with Gasteiger partial charge in [0.05, 0.1) is 60.0 Å². The van der Waals surface area contributed by atoms with Crippen LogP contribution in [-0.4, -0.2) is 157 Å². The molecule has 3 fully saturated rings. The predicted molar refractivity (Wildman–Crippen MR) is 294 cm³/mol. The minimum Gasteiger partial charge on any atom is -0.469 e. The molecule has 3 aliphatic heterocycles. The molecule has 81 heavy (non-hydrogen) atoms. The standard InChI is InChI=1S/C63H80O18/c1-70-51(65)33-21-4-2-3-5-22-34-73-61-54(68)52(66)56(48(35-64)77-61)80-62-55(69)53(67)57(49(78-62)41-71-36-43-23-11-6-12-24-43)81-63-60(76-40-47-31-19-10-20-32-47)59(75-39-46-29-17-9-18-30-46)58(74-38-45-27-15-8-16-28-45)50(79-63)42-72-37-44-25-13-7-14-26-44/h6-20,23-32,48-50,52-64,66-69H,2-5,21-22,33-42H2,1H3/t48-,49-,50-,52-,53-,54-,55-,56-,57+,58+,59+,60-,61+,62+,63-/m1/s1. The summed E-state index contributed by atoms with van der Waals surface area (Å²) in [5, 5.41) is 57.9. The van der Waals surface area contributed by atoms with Gasteiger partial charge in [-0.3, -0.25) is 4.79 Å². The first-order chi connectivity index (χ1) is 39.7. The zero-order valence-electron chi connectivity index (χ0n) is 46.0. The first kappa shape index (κ1) is 62.0. The maximum Gasteiger partial charge on any atom is 0.305 e. The first-order valence-corrected chi connectivity index (χ1v) is 28.2. The molecule has 0 radical (unpaired) electrons. The van der Waals surface area contributed by atoms with E-state index in [1.807, 2.05) is 152 Å². The lowest BCUT2D eigenvalue weighted by molar-refractivity contribution is -0.385. The van der Waals surface area contributed by atoms with Crippen LogP contribution in [0.4, 0.5) is 0 Å². The molecule has 0 spiro atoms. The Bertz CT molecular complexity index is 2480. The van der Waals surface area contributed by atoms with Gasteiger partial charge in [0.1, 0.15) is 73.2 Å². The Morgan fingerprint density at radius 3 is 1.28 bits per heavy atom. The number of aliphatic hydroxyl groups is 5. The first-order valence-electron chi connectivity index (χ1n) is 28.2. The number of unbranched alkanes of at least 4 members (excludes halogenated alkanes) is 5. The van der Waals surface area contributed by atoms with Crippen molar-refractivity contribution in [3.8, 4) is 0 Å². The van der Waals surface area contributed by atoms with E-state index in [2.05, 4.69) is 0 Å². The molecule has 3 saturated heterocycles. The Labute approximate surface area is 474 Å². The monoisotopic (exact) mass is 1120 g/mol. The highest BCUT2D eigenvalue weighted by Gasteiger charge is 2.55. The van der Waals surface area contributed by atoms with E-state index in [4.69, 9.17) is 56.8 Å². The van der Waals surface area contributed by atoms with E-state index in [0.29, 0.717) is 12.8 Å². The normalized spacial score (nSPS) is 28.6. The van der Waals surface area contributed by atoms with Crippen LogP contribution in [0.1, 0.15) is 72.8 Å². The van der Waals surface area contributed by atoms with Gasteiger partial charge in [0.2, 0.25) is 0 Å². The molecule has 0 unspecified atom stereocenters. The van der Waals surface area contributed by atoms with Crippen LogP contribution in [-0.2, 0) is 94.7 Å². The molecular weight excluding hydrogens is 1040 g/mol. The van der Waals surface area contributed by atoms with Gasteiger partial charge in [0.25, 0.3) is 0 Å². The van der Waals surface area contributed by atoms with Gasteiger partial charge in [-0.2, -0.15) is 0 Å². The Morgan fingerprint density at radius 2 is 0.790 bits per heavy atom. The van der Waals surface area contributed by atoms with Crippen molar-refractivity contribution in [3.05, 3.63) is 179 Å². The summed E-state index contributed by atoms with van der Waals surface area (Å²) in [6, 6.07) is 48.2. The van der Waals surface area contributed by atoms with Gasteiger partial charge in [-0.05, 0) is 40.7 Å². The number of aliphatic hydroxyl groups excluding tert-OH is 5. The summed E-state index contributed by atoms with van der Waals surface area (Å²) in [6.45, 7) is 0.212. The number of carbonyl (C=O) groups is 1. The molecule has 5 N–H and O–H groups in total. The maximum atomic E-state index is 12.4. The summed E-state index contributed by atoms with van der Waals surface area (Å²) >= 11 is 0. The third-order valence-corrected chi connectivity index (χ3v) is 14.6. The second kappa shape index (κ2) is 33.3. The highest BCUT2D eigenvalue weighted by Crippen LogP contribution is 2.36. The summed E-state index contributed by atoms with van der Waals surface area (Å²) in [4.78, 5) is 11.4. The molecule has 5 aromatic carbocycles. The number of hydrogen-bond donors (Lipinski definition) is 5. The van der Waals surface area contributed by atoms with Crippen LogP contribution in [0.25, 0.3) is 0 Å². The number of rotatable bonds is 32. The van der Waals surface area contributed by atoms with Crippen molar-refractivity contribution in [1.29, 1.82) is 0 Å². The van der Waals surface area contributed by atoms with Crippen LogP contribution in [0.2, 0.25) is 0 Å². The van der Waals surface area contributed by atoms with Gasteiger partial charge in [0, 0.05) is 13.0 Å². The zero-order valence-corrected chi connectivity index (χ0v) is 46.0. The molecule has 15 atom stereocenters. The molecule has 18 heteroatoms. The lowest BCUT2D eigenvalue weighted by atomic mass is 9.95. The molecule has 0 aromatic heterocycles. The molecule has 440 valence electrons. The van der Waals surface area contributed by atoms with E-state index in [-0.39, 0.29) is 58.8 Å². The molecule has 0 bridgehead atoms. The van der Waals surface area contributed by atoms with E-state index < -0.39 is 98.7 Å². The average molecular weight is 1130 g/mol. The van der Waals surface area contributed by atoms with E-state index in [9.17, 15) is 30.3 Å². The molecule has 8 rings (SSSR count). The number of methoxy groups -OCH3 is 1. The number of ether oxygens (including phenoxy) is 12. The van der Waals surface area contributed by atoms with Gasteiger partial charge >= 0.3 is 5.97 Å². The molecule has 0 saturated carbocycles. The van der Waals surface area contributed by atoms with E-state index in [1.165, 1.54) is 7.11 Å². The summed E-state index contributed by atoms with van der Waals surface area (Å²) in [6.07, 6.45) is -14.8. The molecule has 0 aliphatic carbocycles. The largest absolute Gasteiger partial charge is 0.469 e. The fourth-order valence-electron chi connectivity index (χ4n) is 10.1. The number of carbonyl (C=O) groups excluding carboxylic acids is 1. The van der Waals surface area contributed by atoms with Crippen LogP contribution in [0.3, 0.4) is 0 Å². The molecular formula is C63H80O18. The SMILES string of the molecule is COC(=O)CCCCCCCCO[C@H]1O[C@H](CO)[C@@H](O[C@@H]2O[C@H](COCc3ccccc3)[C@H](O[C@H]3O[C@H](COCc4ccccc4)[C@H](OCc4ccccc4)[C@H](OCc4ccccc4)[C@H]3OCc3ccccc3)[C@H](O)[C@H]2O)[C@H](O)[C@H]1O. The van der Waals surface area contributed by atoms with E-state index in [1.54, 1.807) is 0 Å². The molecule has 5 aromatic rings. The third kappa shape index (κ3) is 18.7. The van der Waals surface area contributed by atoms with Crippen LogP contribution < -0.4 is 0 Å². The quantitative estimate of drug-likeness (QED) is 0.0229. The summed E-state index contributed by atoms with van der Waals surface area (Å²) in [5.41, 5.74) is 4.46. The lowest BCUT2D eigenvalue weighted by Gasteiger charge is -2.50. The molecule has 18 nitrogen and oxygen atoms in total. The van der Waals surface area contributed by atoms with Crippen LogP contribution >= 0.6 is 0 Å². The zero-order chi connectivity index (χ0) is 56.6. The Morgan fingerprint density at radius 1 is 0.407 bits per heavy atom. The third-order valence-electron chi connectivity index (χ3n) is 14.6. The molecule has 0 amide bonds. The van der Waals surface area contributed by atoms with Gasteiger partial charge in [0.15, 0.2) is 18.9 Å². The van der Waals surface area contributed by atoms with Gasteiger partial charge in [-0.25, -0.2) is 0 Å². The number of benzene rings is 5. The Hall–Kier alpha value is -5.07. The van der Waals surface area contributed by atoms with Crippen LogP contribution in [0, 0.1) is 0 Å². The van der Waals surface area contributed by atoms with Crippen LogP contribution in [0.5, 0.6) is 0 Å². The number of hydrogen-bond acceptors (Lipinski definition) is 18. The summed E-state index contributed by atoms with van der Waals surface area (Å²) in [5.74, 6) is -0.224. The van der Waals surface area contributed by atoms with Crippen molar-refractivity contribution in [2.75, 3.05) is 33.5 Å². The number of esters is 1. The minimum atomic E-state index is -1.84. The second-order valence-corrected chi connectivity index (χ2v) is 20.6. The molecule has 3 heterocycles. The average Bonchev–Trinajstić information content (AvgIpc) is 3.70. The highest BCUT2D eigenvalue weighted by atomic mass is 16.8. The van der Waals surface area contributed by atoms with Crippen molar-refractivity contribution in [3.63, 3.8) is 0 Å². The van der Waals surface area contributed by atoms with Crippen LogP contribution in [0.15, 0.2) is 152 Å². The van der Waals surface area contributed by atoms with E-state index >= 15 is 0 Å². The van der Waals surface area contributed by atoms with Crippen molar-refractivity contribution in [2.24, 2.45) is 0 Å². The van der Waals surface area contributed by atoms with Crippen molar-refractivity contribution >= 4 is 5.97 Å². The Balaban J connectivity index is 1.03. The van der Waals surface area contributed by atoms with Crippen molar-refractivity contribution < 1.29 is 87.2 Å². The smallest absolute Gasteiger partial charge is 0.305 e. The van der Waals surface area contributed by atoms with Crippen molar-refractivity contribution in [2.45, 2.75) is 170 Å². The minimum absolute atomic E-state index is 0.0209. The summed E-state index contributed by atoms with van der Waals surface area (Å²) in [7, 11) is 1.38.